The van der Waals surface area contributed by atoms with E-state index in [0.29, 0.717) is 19.0 Å². The van der Waals surface area contributed by atoms with Crippen LogP contribution < -0.4 is 10.6 Å². The first-order valence-electron chi connectivity index (χ1n) is 6.54. The Morgan fingerprint density at radius 3 is 2.26 bits per heavy atom. The van der Waals surface area contributed by atoms with Gasteiger partial charge in [-0.1, -0.05) is 13.8 Å². The van der Waals surface area contributed by atoms with Crippen molar-refractivity contribution in [3.8, 4) is 0 Å². The van der Waals surface area contributed by atoms with Gasteiger partial charge in [0, 0.05) is 32.9 Å². The average Bonchev–Trinajstić information content (AvgIpc) is 2.23. The van der Waals surface area contributed by atoms with E-state index in [2.05, 4.69) is 10.6 Å². The van der Waals surface area contributed by atoms with Gasteiger partial charge in [0.05, 0.1) is 0 Å². The van der Waals surface area contributed by atoms with Gasteiger partial charge in [0.15, 0.2) is 0 Å². The lowest BCUT2D eigenvalue weighted by Gasteiger charge is -2.17. The van der Waals surface area contributed by atoms with Crippen LogP contribution in [0.2, 0.25) is 0 Å². The average molecular weight is 272 g/mol. The number of carboxylic acids is 1. The third-order valence-electron chi connectivity index (χ3n) is 2.58. The second-order valence-corrected chi connectivity index (χ2v) is 5.13. The molecule has 0 aromatic carbocycles. The predicted molar refractivity (Wildman–Crippen MR) is 71.5 cm³/mol. The van der Waals surface area contributed by atoms with Crippen LogP contribution in [0.15, 0.2) is 0 Å². The Kier molecular flexibility index (Phi) is 8.57. The monoisotopic (exact) mass is 272 g/mol. The molecule has 0 aromatic rings. The molecule has 0 aliphatic carbocycles. The Morgan fingerprint density at radius 2 is 1.79 bits per heavy atom. The summed E-state index contributed by atoms with van der Waals surface area (Å²) >= 11 is 0. The van der Waals surface area contributed by atoms with Crippen molar-refractivity contribution < 1.29 is 19.5 Å². The third-order valence-corrected chi connectivity index (χ3v) is 2.58. The highest BCUT2D eigenvalue weighted by molar-refractivity contribution is 5.77. The topological polar surface area (TPSA) is 95.5 Å². The van der Waals surface area contributed by atoms with E-state index in [-0.39, 0.29) is 30.6 Å². The first-order valence-corrected chi connectivity index (χ1v) is 6.54. The number of hydrogen-bond donors (Lipinski definition) is 3. The molecule has 0 saturated carbocycles. The molecule has 1 unspecified atom stereocenters. The summed E-state index contributed by atoms with van der Waals surface area (Å²) in [4.78, 5) is 32.8. The second-order valence-electron chi connectivity index (χ2n) is 5.13. The summed E-state index contributed by atoms with van der Waals surface area (Å²) in [5, 5.41) is 14.1. The van der Waals surface area contributed by atoms with Gasteiger partial charge in [-0.2, -0.15) is 0 Å². The number of carbonyl (C=O) groups is 3. The fourth-order valence-corrected chi connectivity index (χ4v) is 1.85. The lowest BCUT2D eigenvalue weighted by Crippen LogP contribution is -2.33. The Bertz CT molecular complexity index is 316. The molecule has 2 amide bonds. The molecule has 0 radical (unpaired) electrons. The maximum absolute atomic E-state index is 11.5. The van der Waals surface area contributed by atoms with Crippen LogP contribution in [0, 0.1) is 11.8 Å². The third kappa shape index (κ3) is 11.2. The van der Waals surface area contributed by atoms with Crippen molar-refractivity contribution in [2.24, 2.45) is 11.8 Å². The van der Waals surface area contributed by atoms with Gasteiger partial charge in [-0.05, 0) is 18.3 Å². The van der Waals surface area contributed by atoms with Crippen molar-refractivity contribution in [2.75, 3.05) is 13.1 Å². The second kappa shape index (κ2) is 9.35. The SMILES string of the molecule is CC(=O)NCCC(=O)NCC(CC(=O)O)CC(C)C. The zero-order valence-electron chi connectivity index (χ0n) is 11.9. The van der Waals surface area contributed by atoms with E-state index in [1.165, 1.54) is 6.92 Å². The van der Waals surface area contributed by atoms with Gasteiger partial charge in [0.2, 0.25) is 11.8 Å². The largest absolute Gasteiger partial charge is 0.481 e. The van der Waals surface area contributed by atoms with Crippen LogP contribution >= 0.6 is 0 Å². The van der Waals surface area contributed by atoms with E-state index in [1.807, 2.05) is 13.8 Å². The molecule has 0 rings (SSSR count). The van der Waals surface area contributed by atoms with E-state index in [4.69, 9.17) is 5.11 Å². The van der Waals surface area contributed by atoms with Gasteiger partial charge in [0.25, 0.3) is 0 Å². The van der Waals surface area contributed by atoms with Crippen LogP contribution in [0.5, 0.6) is 0 Å². The van der Waals surface area contributed by atoms with Crippen LogP contribution in [-0.2, 0) is 14.4 Å². The van der Waals surface area contributed by atoms with Crippen molar-refractivity contribution in [1.82, 2.24) is 10.6 Å². The molecule has 19 heavy (non-hydrogen) atoms. The van der Waals surface area contributed by atoms with Crippen LogP contribution in [0.3, 0.4) is 0 Å². The Hall–Kier alpha value is -1.59. The smallest absolute Gasteiger partial charge is 0.303 e. The molecule has 0 saturated heterocycles. The van der Waals surface area contributed by atoms with Gasteiger partial charge in [-0.25, -0.2) is 0 Å². The highest BCUT2D eigenvalue weighted by atomic mass is 16.4. The van der Waals surface area contributed by atoms with Crippen LogP contribution in [0.4, 0.5) is 0 Å². The lowest BCUT2D eigenvalue weighted by atomic mass is 9.94. The number of aliphatic carboxylic acids is 1. The molecule has 0 aromatic heterocycles. The summed E-state index contributed by atoms with van der Waals surface area (Å²) < 4.78 is 0. The summed E-state index contributed by atoms with van der Waals surface area (Å²) in [7, 11) is 0. The highest BCUT2D eigenvalue weighted by Crippen LogP contribution is 2.14. The Morgan fingerprint density at radius 1 is 1.16 bits per heavy atom. The minimum atomic E-state index is -0.849. The minimum Gasteiger partial charge on any atom is -0.481 e. The van der Waals surface area contributed by atoms with Crippen molar-refractivity contribution in [3.05, 3.63) is 0 Å². The molecule has 0 aliphatic rings. The zero-order chi connectivity index (χ0) is 14.8. The van der Waals surface area contributed by atoms with Gasteiger partial charge in [-0.15, -0.1) is 0 Å². The summed E-state index contributed by atoms with van der Waals surface area (Å²) in [6.45, 7) is 6.10. The number of nitrogens with one attached hydrogen (secondary N) is 2. The van der Waals surface area contributed by atoms with E-state index < -0.39 is 5.97 Å². The van der Waals surface area contributed by atoms with Crippen molar-refractivity contribution in [2.45, 2.75) is 40.0 Å². The molecule has 6 heteroatoms. The summed E-state index contributed by atoms with van der Waals surface area (Å²) in [5.74, 6) is -0.856. The lowest BCUT2D eigenvalue weighted by molar-refractivity contribution is -0.138. The maximum atomic E-state index is 11.5. The molecular formula is C13H24N2O4. The van der Waals surface area contributed by atoms with Crippen LogP contribution in [-0.4, -0.2) is 36.0 Å². The van der Waals surface area contributed by atoms with Crippen molar-refractivity contribution >= 4 is 17.8 Å². The zero-order valence-corrected chi connectivity index (χ0v) is 11.9. The fraction of sp³-hybridized carbons (Fsp3) is 0.769. The summed E-state index contributed by atoms with van der Waals surface area (Å²) in [6.07, 6.45) is 1.03. The van der Waals surface area contributed by atoms with Gasteiger partial charge >= 0.3 is 5.97 Å². The highest BCUT2D eigenvalue weighted by Gasteiger charge is 2.15. The Balaban J connectivity index is 3.98. The molecular weight excluding hydrogens is 248 g/mol. The van der Waals surface area contributed by atoms with Gasteiger partial charge in [-0.3, -0.25) is 14.4 Å². The molecule has 0 spiro atoms. The normalized spacial score (nSPS) is 12.0. The summed E-state index contributed by atoms with van der Waals surface area (Å²) in [5.41, 5.74) is 0. The van der Waals surface area contributed by atoms with Gasteiger partial charge in [0.1, 0.15) is 0 Å². The minimum absolute atomic E-state index is 0.0535. The fourth-order valence-electron chi connectivity index (χ4n) is 1.85. The van der Waals surface area contributed by atoms with E-state index in [9.17, 15) is 14.4 Å². The first kappa shape index (κ1) is 17.4. The Labute approximate surface area is 113 Å². The van der Waals surface area contributed by atoms with E-state index in [0.717, 1.165) is 6.42 Å². The first-order chi connectivity index (χ1) is 8.81. The number of rotatable bonds is 9. The number of hydrogen-bond acceptors (Lipinski definition) is 3. The maximum Gasteiger partial charge on any atom is 0.303 e. The number of amides is 2. The standard InChI is InChI=1S/C13H24N2O4/c1-9(2)6-11(7-13(18)19)8-15-12(17)4-5-14-10(3)16/h9,11H,4-8H2,1-3H3,(H,14,16)(H,15,17)(H,18,19). The summed E-state index contributed by atoms with van der Waals surface area (Å²) in [6, 6.07) is 0. The van der Waals surface area contributed by atoms with Crippen molar-refractivity contribution in [3.63, 3.8) is 0 Å². The van der Waals surface area contributed by atoms with E-state index in [1.54, 1.807) is 0 Å². The molecule has 0 heterocycles. The van der Waals surface area contributed by atoms with Crippen LogP contribution in [0.25, 0.3) is 0 Å². The predicted octanol–water partition coefficient (Wildman–Crippen LogP) is 0.766. The molecule has 0 aliphatic heterocycles. The van der Waals surface area contributed by atoms with Gasteiger partial charge < -0.3 is 15.7 Å². The van der Waals surface area contributed by atoms with Crippen LogP contribution in [0.1, 0.15) is 40.0 Å². The number of carbonyl (C=O) groups excluding carboxylic acids is 2. The quantitative estimate of drug-likeness (QED) is 0.577. The molecule has 6 nitrogen and oxygen atoms in total. The molecule has 3 N–H and O–H groups in total. The van der Waals surface area contributed by atoms with E-state index >= 15 is 0 Å². The molecule has 1 atom stereocenters. The number of carboxylic acid groups (broad SMARTS) is 1. The molecule has 0 bridgehead atoms. The molecule has 0 fully saturated rings. The molecule has 110 valence electrons. The van der Waals surface area contributed by atoms with Crippen molar-refractivity contribution in [1.29, 1.82) is 0 Å².